The van der Waals surface area contributed by atoms with Crippen LogP contribution in [-0.4, -0.2) is 13.1 Å². The summed E-state index contributed by atoms with van der Waals surface area (Å²) in [7, 11) is 0. The van der Waals surface area contributed by atoms with E-state index in [-0.39, 0.29) is 0 Å². The van der Waals surface area contributed by atoms with Crippen LogP contribution in [0.15, 0.2) is 84.9 Å². The van der Waals surface area contributed by atoms with Crippen LogP contribution in [0.4, 0.5) is 22.7 Å². The minimum Gasteiger partial charge on any atom is -0.342 e. The van der Waals surface area contributed by atoms with Crippen LogP contribution in [-0.2, 0) is 0 Å². The Bertz CT molecular complexity index is 797. The molecular formula is C26H32N2. The van der Waals surface area contributed by atoms with Crippen molar-refractivity contribution in [1.29, 1.82) is 0 Å². The lowest BCUT2D eigenvalue weighted by Gasteiger charge is -2.27. The summed E-state index contributed by atoms with van der Waals surface area (Å²) in [6, 6.07) is 30.3. The first-order chi connectivity index (χ1) is 13.8. The molecule has 0 heterocycles. The molecule has 0 spiro atoms. The Labute approximate surface area is 170 Å². The van der Waals surface area contributed by atoms with Gasteiger partial charge < -0.3 is 9.80 Å². The van der Waals surface area contributed by atoms with Gasteiger partial charge in [-0.25, -0.2) is 0 Å². The highest BCUT2D eigenvalue weighted by atomic mass is 15.1. The highest BCUT2D eigenvalue weighted by Gasteiger charge is 2.11. The smallest absolute Gasteiger partial charge is 0.0412 e. The first-order valence-corrected chi connectivity index (χ1v) is 10.6. The summed E-state index contributed by atoms with van der Waals surface area (Å²) >= 11 is 0. The van der Waals surface area contributed by atoms with Gasteiger partial charge in [-0.05, 0) is 61.9 Å². The largest absolute Gasteiger partial charge is 0.342 e. The van der Waals surface area contributed by atoms with Crippen molar-refractivity contribution in [2.75, 3.05) is 22.9 Å². The molecule has 0 atom stereocenters. The molecule has 0 unspecified atom stereocenters. The van der Waals surface area contributed by atoms with Gasteiger partial charge in [0.15, 0.2) is 0 Å². The minimum atomic E-state index is 0.947. The predicted molar refractivity (Wildman–Crippen MR) is 123 cm³/mol. The third kappa shape index (κ3) is 5.16. The van der Waals surface area contributed by atoms with E-state index in [9.17, 15) is 0 Å². The molecule has 28 heavy (non-hydrogen) atoms. The average molecular weight is 373 g/mol. The molecule has 0 saturated carbocycles. The van der Waals surface area contributed by atoms with Crippen molar-refractivity contribution in [3.63, 3.8) is 0 Å². The molecule has 3 rings (SSSR count). The summed E-state index contributed by atoms with van der Waals surface area (Å²) in [5.74, 6) is 0. The van der Waals surface area contributed by atoms with Crippen LogP contribution in [0.1, 0.15) is 39.5 Å². The average Bonchev–Trinajstić information content (AvgIpc) is 2.76. The molecular weight excluding hydrogens is 340 g/mol. The number of hydrogen-bond donors (Lipinski definition) is 0. The summed E-state index contributed by atoms with van der Waals surface area (Å²) < 4.78 is 0. The Morgan fingerprint density at radius 1 is 0.500 bits per heavy atom. The van der Waals surface area contributed by atoms with E-state index in [0.29, 0.717) is 0 Å². The van der Waals surface area contributed by atoms with E-state index in [1.165, 1.54) is 48.4 Å². The summed E-state index contributed by atoms with van der Waals surface area (Å²) in [5.41, 5.74) is 4.99. The normalized spacial score (nSPS) is 10.6. The molecule has 3 aromatic rings. The molecule has 0 aliphatic heterocycles. The number of benzene rings is 3. The zero-order valence-corrected chi connectivity index (χ0v) is 17.2. The molecule has 3 aromatic carbocycles. The van der Waals surface area contributed by atoms with Crippen molar-refractivity contribution in [2.45, 2.75) is 39.5 Å². The van der Waals surface area contributed by atoms with Crippen molar-refractivity contribution in [3.8, 4) is 0 Å². The third-order valence-electron chi connectivity index (χ3n) is 5.16. The van der Waals surface area contributed by atoms with Gasteiger partial charge in [0.2, 0.25) is 0 Å². The van der Waals surface area contributed by atoms with Crippen LogP contribution in [0.25, 0.3) is 0 Å². The van der Waals surface area contributed by atoms with Crippen molar-refractivity contribution >= 4 is 22.7 Å². The van der Waals surface area contributed by atoms with Gasteiger partial charge in [-0.1, -0.05) is 62.6 Å². The number of nitrogens with zero attached hydrogens (tertiary/aromatic N) is 2. The van der Waals surface area contributed by atoms with E-state index < -0.39 is 0 Å². The zero-order valence-electron chi connectivity index (χ0n) is 17.2. The second-order valence-corrected chi connectivity index (χ2v) is 7.14. The third-order valence-corrected chi connectivity index (χ3v) is 5.16. The van der Waals surface area contributed by atoms with Gasteiger partial charge in [0.05, 0.1) is 0 Å². The van der Waals surface area contributed by atoms with Crippen molar-refractivity contribution in [1.82, 2.24) is 0 Å². The Morgan fingerprint density at radius 3 is 1.46 bits per heavy atom. The number of unbranched alkanes of at least 4 members (excludes halogenated alkanes) is 3. The fourth-order valence-electron chi connectivity index (χ4n) is 3.65. The lowest BCUT2D eigenvalue weighted by Crippen LogP contribution is -2.19. The lowest BCUT2D eigenvalue weighted by molar-refractivity contribution is 0.668. The second kappa shape index (κ2) is 10.6. The van der Waals surface area contributed by atoms with Gasteiger partial charge in [0, 0.05) is 35.8 Å². The first-order valence-electron chi connectivity index (χ1n) is 10.6. The van der Waals surface area contributed by atoms with Crippen LogP contribution < -0.4 is 9.80 Å². The molecule has 0 fully saturated rings. The summed E-state index contributed by atoms with van der Waals surface area (Å²) in [6.45, 7) is 6.47. The molecule has 2 heteroatoms. The van der Waals surface area contributed by atoms with Gasteiger partial charge in [-0.2, -0.15) is 0 Å². The van der Waals surface area contributed by atoms with Crippen LogP contribution in [0.5, 0.6) is 0 Å². The topological polar surface area (TPSA) is 6.48 Å². The van der Waals surface area contributed by atoms with Crippen molar-refractivity contribution in [3.05, 3.63) is 84.9 Å². The molecule has 0 saturated heterocycles. The summed E-state index contributed by atoms with van der Waals surface area (Å²) in [6.07, 6.45) is 5.08. The fraction of sp³-hybridized carbons (Fsp3) is 0.308. The Hall–Kier alpha value is -2.74. The second-order valence-electron chi connectivity index (χ2n) is 7.14. The number of anilines is 4. The maximum atomic E-state index is 2.44. The van der Waals surface area contributed by atoms with E-state index in [0.717, 1.165) is 13.1 Å². The fourth-order valence-corrected chi connectivity index (χ4v) is 3.65. The Morgan fingerprint density at radius 2 is 0.964 bits per heavy atom. The maximum Gasteiger partial charge on any atom is 0.0412 e. The molecule has 0 aliphatic carbocycles. The van der Waals surface area contributed by atoms with E-state index in [1.54, 1.807) is 0 Å². The van der Waals surface area contributed by atoms with E-state index >= 15 is 0 Å². The number of rotatable bonds is 10. The zero-order chi connectivity index (χ0) is 19.6. The van der Waals surface area contributed by atoms with Crippen LogP contribution in [0.2, 0.25) is 0 Å². The van der Waals surface area contributed by atoms with E-state index in [1.807, 2.05) is 0 Å². The van der Waals surface area contributed by atoms with Crippen molar-refractivity contribution < 1.29 is 0 Å². The highest BCUT2D eigenvalue weighted by Crippen LogP contribution is 2.30. The molecule has 2 nitrogen and oxygen atoms in total. The van der Waals surface area contributed by atoms with Gasteiger partial charge >= 0.3 is 0 Å². The predicted octanol–water partition coefficient (Wildman–Crippen LogP) is 7.56. The molecule has 0 aliphatic rings. The van der Waals surface area contributed by atoms with Gasteiger partial charge in [-0.15, -0.1) is 0 Å². The molecule has 0 N–H and O–H groups in total. The highest BCUT2D eigenvalue weighted by molar-refractivity contribution is 5.69. The number of hydrogen-bond acceptors (Lipinski definition) is 2. The minimum absolute atomic E-state index is 0.947. The SMILES string of the molecule is CCCCCCN(c1ccccc1)c1ccc(N(CC)c2ccccc2)cc1. The van der Waals surface area contributed by atoms with Gasteiger partial charge in [0.25, 0.3) is 0 Å². The van der Waals surface area contributed by atoms with E-state index in [2.05, 4.69) is 109 Å². The number of para-hydroxylation sites is 2. The molecule has 0 aromatic heterocycles. The van der Waals surface area contributed by atoms with E-state index in [4.69, 9.17) is 0 Å². The Balaban J connectivity index is 1.81. The van der Waals surface area contributed by atoms with Crippen LogP contribution >= 0.6 is 0 Å². The van der Waals surface area contributed by atoms with Gasteiger partial charge in [-0.3, -0.25) is 0 Å². The van der Waals surface area contributed by atoms with Crippen LogP contribution in [0.3, 0.4) is 0 Å². The first kappa shape index (κ1) is 20.0. The summed E-state index contributed by atoms with van der Waals surface area (Å²) in [4.78, 5) is 4.79. The standard InChI is InChI=1S/C26H32N2/c1-3-5-6-13-22-28(24-16-11-8-12-17-24)26-20-18-25(19-21-26)27(4-2)23-14-9-7-10-15-23/h7-12,14-21H,3-6,13,22H2,1-2H3. The molecule has 146 valence electrons. The molecule has 0 radical (unpaired) electrons. The monoisotopic (exact) mass is 372 g/mol. The van der Waals surface area contributed by atoms with Gasteiger partial charge in [0.1, 0.15) is 0 Å². The maximum absolute atomic E-state index is 2.44. The molecule has 0 amide bonds. The lowest BCUT2D eigenvalue weighted by atomic mass is 10.1. The van der Waals surface area contributed by atoms with Crippen LogP contribution in [0, 0.1) is 0 Å². The molecule has 0 bridgehead atoms. The quantitative estimate of drug-likeness (QED) is 0.339. The Kier molecular flexibility index (Phi) is 7.54. The van der Waals surface area contributed by atoms with Crippen molar-refractivity contribution in [2.24, 2.45) is 0 Å². The summed E-state index contributed by atoms with van der Waals surface area (Å²) in [5, 5.41) is 0.